The van der Waals surface area contributed by atoms with E-state index in [2.05, 4.69) is 5.32 Å². The maximum absolute atomic E-state index is 12.9. The first kappa shape index (κ1) is 18.1. The number of hydrogen-bond donors (Lipinski definition) is 1. The van der Waals surface area contributed by atoms with Gasteiger partial charge in [0.2, 0.25) is 0 Å². The molecule has 0 aliphatic carbocycles. The number of anilines is 1. The number of nitrogens with zero attached hydrogens (tertiary/aromatic N) is 1. The van der Waals surface area contributed by atoms with Crippen molar-refractivity contribution >= 4 is 17.5 Å². The van der Waals surface area contributed by atoms with Gasteiger partial charge in [-0.05, 0) is 55.7 Å². The molecule has 5 nitrogen and oxygen atoms in total. The molecular weight excluding hydrogens is 328 g/mol. The highest BCUT2D eigenvalue weighted by atomic mass is 16.5. The van der Waals surface area contributed by atoms with Gasteiger partial charge in [0.25, 0.3) is 11.8 Å². The van der Waals surface area contributed by atoms with E-state index in [9.17, 15) is 9.59 Å². The van der Waals surface area contributed by atoms with Crippen LogP contribution in [0.2, 0.25) is 0 Å². The molecule has 2 amide bonds. The molecule has 0 atom stereocenters. The lowest BCUT2D eigenvalue weighted by Gasteiger charge is -2.30. The van der Waals surface area contributed by atoms with Gasteiger partial charge in [0.15, 0.2) is 0 Å². The van der Waals surface area contributed by atoms with Crippen LogP contribution in [0.1, 0.15) is 38.3 Å². The number of aryl methyl sites for hydroxylation is 2. The molecule has 5 heteroatoms. The molecule has 0 fully saturated rings. The van der Waals surface area contributed by atoms with E-state index in [1.54, 1.807) is 13.2 Å². The fourth-order valence-electron chi connectivity index (χ4n) is 3.25. The molecule has 26 heavy (non-hydrogen) atoms. The van der Waals surface area contributed by atoms with Gasteiger partial charge in [-0.15, -0.1) is 0 Å². The van der Waals surface area contributed by atoms with Crippen molar-refractivity contribution in [3.05, 3.63) is 64.7 Å². The van der Waals surface area contributed by atoms with E-state index in [1.165, 1.54) is 0 Å². The average molecular weight is 352 g/mol. The minimum absolute atomic E-state index is 0.00643. The average Bonchev–Trinajstić information content (AvgIpc) is 2.66. The van der Waals surface area contributed by atoms with Crippen LogP contribution in [0.15, 0.2) is 42.5 Å². The monoisotopic (exact) mass is 352 g/mol. The summed E-state index contributed by atoms with van der Waals surface area (Å²) in [4.78, 5) is 27.0. The Morgan fingerprint density at radius 3 is 2.77 bits per heavy atom. The molecule has 136 valence electrons. The minimum Gasteiger partial charge on any atom is -0.383 e. The quantitative estimate of drug-likeness (QED) is 0.842. The zero-order valence-electron chi connectivity index (χ0n) is 15.2. The number of methoxy groups -OCH3 is 1. The Labute approximate surface area is 154 Å². The molecule has 0 spiro atoms. The predicted molar refractivity (Wildman–Crippen MR) is 102 cm³/mol. The number of rotatable bonds is 5. The molecule has 0 radical (unpaired) electrons. The lowest BCUT2D eigenvalue weighted by Crippen LogP contribution is -2.35. The highest BCUT2D eigenvalue weighted by Crippen LogP contribution is 2.29. The Morgan fingerprint density at radius 2 is 2.00 bits per heavy atom. The van der Waals surface area contributed by atoms with Crippen molar-refractivity contribution < 1.29 is 14.3 Å². The Balaban J connectivity index is 1.82. The summed E-state index contributed by atoms with van der Waals surface area (Å²) in [5.41, 5.74) is 4.31. The molecule has 0 saturated carbocycles. The van der Waals surface area contributed by atoms with E-state index in [0.29, 0.717) is 30.8 Å². The number of carbonyl (C=O) groups excluding carboxylic acids is 2. The van der Waals surface area contributed by atoms with Crippen LogP contribution in [0.25, 0.3) is 0 Å². The van der Waals surface area contributed by atoms with Crippen molar-refractivity contribution in [2.45, 2.75) is 19.8 Å². The zero-order valence-corrected chi connectivity index (χ0v) is 15.2. The predicted octanol–water partition coefficient (Wildman–Crippen LogP) is 2.96. The first-order valence-electron chi connectivity index (χ1n) is 8.89. The van der Waals surface area contributed by atoms with Crippen LogP contribution in [-0.2, 0) is 11.2 Å². The zero-order chi connectivity index (χ0) is 18.5. The molecule has 0 unspecified atom stereocenters. The Bertz CT molecular complexity index is 817. The normalized spacial score (nSPS) is 13.2. The summed E-state index contributed by atoms with van der Waals surface area (Å²) in [7, 11) is 1.60. The topological polar surface area (TPSA) is 58.6 Å². The van der Waals surface area contributed by atoms with Crippen molar-refractivity contribution in [1.29, 1.82) is 0 Å². The second-order valence-corrected chi connectivity index (χ2v) is 6.52. The highest BCUT2D eigenvalue weighted by Gasteiger charge is 2.24. The number of nitrogens with one attached hydrogen (secondary N) is 1. The highest BCUT2D eigenvalue weighted by molar-refractivity contribution is 6.07. The van der Waals surface area contributed by atoms with Crippen molar-refractivity contribution in [2.75, 3.05) is 31.7 Å². The molecular formula is C21H24N2O3. The minimum atomic E-state index is -0.119. The second kappa shape index (κ2) is 8.15. The number of benzene rings is 2. The number of carbonyl (C=O) groups is 2. The Kier molecular flexibility index (Phi) is 5.68. The largest absolute Gasteiger partial charge is 0.383 e. The fraction of sp³-hybridized carbons (Fsp3) is 0.333. The molecule has 1 N–H and O–H groups in total. The molecule has 0 bridgehead atoms. The van der Waals surface area contributed by atoms with Crippen LogP contribution in [0.3, 0.4) is 0 Å². The van der Waals surface area contributed by atoms with E-state index < -0.39 is 0 Å². The van der Waals surface area contributed by atoms with Gasteiger partial charge in [0.1, 0.15) is 0 Å². The number of ether oxygens (including phenoxy) is 1. The van der Waals surface area contributed by atoms with Gasteiger partial charge in [0.05, 0.1) is 6.61 Å². The van der Waals surface area contributed by atoms with Crippen LogP contribution >= 0.6 is 0 Å². The van der Waals surface area contributed by atoms with Crippen molar-refractivity contribution in [3.63, 3.8) is 0 Å². The Morgan fingerprint density at radius 1 is 1.15 bits per heavy atom. The van der Waals surface area contributed by atoms with E-state index in [-0.39, 0.29) is 11.8 Å². The van der Waals surface area contributed by atoms with Crippen LogP contribution < -0.4 is 10.2 Å². The van der Waals surface area contributed by atoms with Crippen LogP contribution in [0.4, 0.5) is 5.69 Å². The molecule has 2 aromatic carbocycles. The SMILES string of the molecule is COCCNC(=O)c1ccc2c(c1)CCCN2C(=O)c1cccc(C)c1. The van der Waals surface area contributed by atoms with Gasteiger partial charge < -0.3 is 15.0 Å². The van der Waals surface area contributed by atoms with Crippen LogP contribution in [-0.4, -0.2) is 38.6 Å². The second-order valence-electron chi connectivity index (χ2n) is 6.52. The lowest BCUT2D eigenvalue weighted by atomic mass is 9.98. The van der Waals surface area contributed by atoms with E-state index in [4.69, 9.17) is 4.74 Å². The molecule has 1 aliphatic rings. The Hall–Kier alpha value is -2.66. The summed E-state index contributed by atoms with van der Waals surface area (Å²) >= 11 is 0. The van der Waals surface area contributed by atoms with Gasteiger partial charge in [-0.1, -0.05) is 17.7 Å². The summed E-state index contributed by atoms with van der Waals surface area (Å²) in [6, 6.07) is 13.2. The standard InChI is InChI=1S/C21H24N2O3/c1-15-5-3-6-18(13-15)21(25)23-11-4-7-16-14-17(8-9-19(16)23)20(24)22-10-12-26-2/h3,5-6,8-9,13-14H,4,7,10-12H2,1-2H3,(H,22,24). The van der Waals surface area contributed by atoms with Gasteiger partial charge in [-0.25, -0.2) is 0 Å². The third kappa shape index (κ3) is 3.94. The first-order valence-corrected chi connectivity index (χ1v) is 8.89. The number of hydrogen-bond acceptors (Lipinski definition) is 3. The van der Waals surface area contributed by atoms with Crippen molar-refractivity contribution in [2.24, 2.45) is 0 Å². The van der Waals surface area contributed by atoms with Gasteiger partial charge in [0, 0.05) is 37.0 Å². The van der Waals surface area contributed by atoms with Gasteiger partial charge >= 0.3 is 0 Å². The number of fused-ring (bicyclic) bond motifs is 1. The van der Waals surface area contributed by atoms with E-state index in [0.717, 1.165) is 29.7 Å². The summed E-state index contributed by atoms with van der Waals surface area (Å²) in [6.07, 6.45) is 1.76. The molecule has 0 aromatic heterocycles. The lowest BCUT2D eigenvalue weighted by molar-refractivity contribution is 0.0936. The fourth-order valence-corrected chi connectivity index (χ4v) is 3.25. The maximum Gasteiger partial charge on any atom is 0.258 e. The van der Waals surface area contributed by atoms with Crippen LogP contribution in [0.5, 0.6) is 0 Å². The van der Waals surface area contributed by atoms with Crippen molar-refractivity contribution in [1.82, 2.24) is 5.32 Å². The molecule has 1 aliphatic heterocycles. The van der Waals surface area contributed by atoms with E-state index in [1.807, 2.05) is 48.2 Å². The molecule has 0 saturated heterocycles. The van der Waals surface area contributed by atoms with Gasteiger partial charge in [-0.2, -0.15) is 0 Å². The summed E-state index contributed by atoms with van der Waals surface area (Å²) in [5.74, 6) is -0.112. The molecule has 3 rings (SSSR count). The summed E-state index contributed by atoms with van der Waals surface area (Å²) in [5, 5.41) is 2.83. The first-order chi connectivity index (χ1) is 12.6. The summed E-state index contributed by atoms with van der Waals surface area (Å²) < 4.78 is 4.95. The maximum atomic E-state index is 12.9. The third-order valence-electron chi connectivity index (χ3n) is 4.56. The van der Waals surface area contributed by atoms with E-state index >= 15 is 0 Å². The number of amides is 2. The van der Waals surface area contributed by atoms with Crippen molar-refractivity contribution in [3.8, 4) is 0 Å². The third-order valence-corrected chi connectivity index (χ3v) is 4.56. The molecule has 1 heterocycles. The van der Waals surface area contributed by atoms with Gasteiger partial charge in [-0.3, -0.25) is 9.59 Å². The molecule has 2 aromatic rings. The smallest absolute Gasteiger partial charge is 0.258 e. The summed E-state index contributed by atoms with van der Waals surface area (Å²) in [6.45, 7) is 3.63. The van der Waals surface area contributed by atoms with Crippen LogP contribution in [0, 0.1) is 6.92 Å².